The van der Waals surface area contributed by atoms with E-state index in [0.717, 1.165) is 12.8 Å². The summed E-state index contributed by atoms with van der Waals surface area (Å²) in [5.74, 6) is -1.62. The SMILES string of the molecule is O=C(O)CCC[C@@H](NC(=O)NCC1CCC1)C(=O)O. The van der Waals surface area contributed by atoms with E-state index in [0.29, 0.717) is 12.5 Å². The first kappa shape index (κ1) is 15.3. The maximum atomic E-state index is 11.5. The summed E-state index contributed by atoms with van der Waals surface area (Å²) in [5.41, 5.74) is 0. The van der Waals surface area contributed by atoms with Gasteiger partial charge in [-0.2, -0.15) is 0 Å². The van der Waals surface area contributed by atoms with Crippen LogP contribution in [-0.2, 0) is 9.59 Å². The van der Waals surface area contributed by atoms with Gasteiger partial charge in [-0.15, -0.1) is 0 Å². The quantitative estimate of drug-likeness (QED) is 0.521. The highest BCUT2D eigenvalue weighted by Crippen LogP contribution is 2.24. The van der Waals surface area contributed by atoms with Crippen LogP contribution in [0.2, 0.25) is 0 Å². The number of nitrogens with one attached hydrogen (secondary N) is 2. The standard InChI is InChI=1S/C12H20N2O5/c15-10(16)6-2-5-9(11(17)18)14-12(19)13-7-8-3-1-4-8/h8-9H,1-7H2,(H,15,16)(H,17,18)(H2,13,14,19)/t9-/m1/s1. The third kappa shape index (κ3) is 6.08. The summed E-state index contributed by atoms with van der Waals surface area (Å²) in [6.07, 6.45) is 3.60. The molecule has 0 aliphatic heterocycles. The zero-order valence-electron chi connectivity index (χ0n) is 10.7. The minimum absolute atomic E-state index is 0.102. The van der Waals surface area contributed by atoms with Gasteiger partial charge in [-0.05, 0) is 31.6 Å². The summed E-state index contributed by atoms with van der Waals surface area (Å²) >= 11 is 0. The first-order valence-electron chi connectivity index (χ1n) is 6.48. The molecule has 7 heteroatoms. The highest BCUT2D eigenvalue weighted by molar-refractivity contribution is 5.82. The van der Waals surface area contributed by atoms with E-state index in [1.165, 1.54) is 6.42 Å². The Bertz CT molecular complexity index is 341. The molecule has 0 spiro atoms. The number of hydrogen-bond acceptors (Lipinski definition) is 3. The average molecular weight is 272 g/mol. The van der Waals surface area contributed by atoms with Gasteiger partial charge in [0.2, 0.25) is 0 Å². The van der Waals surface area contributed by atoms with Crippen LogP contribution in [0, 0.1) is 5.92 Å². The van der Waals surface area contributed by atoms with E-state index in [-0.39, 0.29) is 19.3 Å². The lowest BCUT2D eigenvalue weighted by molar-refractivity contribution is -0.140. The highest BCUT2D eigenvalue weighted by Gasteiger charge is 2.22. The lowest BCUT2D eigenvalue weighted by Crippen LogP contribution is -2.47. The van der Waals surface area contributed by atoms with E-state index in [9.17, 15) is 14.4 Å². The number of carboxylic acids is 2. The van der Waals surface area contributed by atoms with Gasteiger partial charge >= 0.3 is 18.0 Å². The van der Waals surface area contributed by atoms with E-state index >= 15 is 0 Å². The lowest BCUT2D eigenvalue weighted by atomic mass is 9.85. The molecular weight excluding hydrogens is 252 g/mol. The van der Waals surface area contributed by atoms with Crippen molar-refractivity contribution in [1.29, 1.82) is 0 Å². The summed E-state index contributed by atoms with van der Waals surface area (Å²) < 4.78 is 0. The predicted octanol–water partition coefficient (Wildman–Crippen LogP) is 0.794. The molecule has 4 N–H and O–H groups in total. The number of urea groups is 1. The Labute approximate surface area is 111 Å². The number of carbonyl (C=O) groups excluding carboxylic acids is 1. The van der Waals surface area contributed by atoms with E-state index < -0.39 is 24.0 Å². The van der Waals surface area contributed by atoms with E-state index in [2.05, 4.69) is 10.6 Å². The Morgan fingerprint density at radius 3 is 2.37 bits per heavy atom. The van der Waals surface area contributed by atoms with E-state index in [4.69, 9.17) is 10.2 Å². The van der Waals surface area contributed by atoms with Gasteiger partial charge < -0.3 is 20.8 Å². The molecule has 0 unspecified atom stereocenters. The molecule has 0 aromatic heterocycles. The number of amides is 2. The second-order valence-corrected chi connectivity index (χ2v) is 4.83. The molecule has 108 valence electrons. The van der Waals surface area contributed by atoms with Gasteiger partial charge in [0.1, 0.15) is 6.04 Å². The van der Waals surface area contributed by atoms with Crippen molar-refractivity contribution in [3.8, 4) is 0 Å². The summed E-state index contributed by atoms with van der Waals surface area (Å²) in [6.45, 7) is 0.563. The second kappa shape index (κ2) is 7.60. The van der Waals surface area contributed by atoms with Gasteiger partial charge in [0, 0.05) is 13.0 Å². The Morgan fingerprint density at radius 1 is 1.21 bits per heavy atom. The first-order valence-corrected chi connectivity index (χ1v) is 6.48. The van der Waals surface area contributed by atoms with Crippen LogP contribution in [0.1, 0.15) is 38.5 Å². The molecule has 0 saturated heterocycles. The Balaban J connectivity index is 2.24. The molecule has 0 aromatic carbocycles. The highest BCUT2D eigenvalue weighted by atomic mass is 16.4. The minimum atomic E-state index is -1.15. The number of hydrogen-bond donors (Lipinski definition) is 4. The fraction of sp³-hybridized carbons (Fsp3) is 0.750. The van der Waals surface area contributed by atoms with E-state index in [1.807, 2.05) is 0 Å². The maximum absolute atomic E-state index is 11.5. The van der Waals surface area contributed by atoms with Gasteiger partial charge in [-0.3, -0.25) is 4.79 Å². The maximum Gasteiger partial charge on any atom is 0.326 e. The summed E-state index contributed by atoms with van der Waals surface area (Å²) in [4.78, 5) is 32.8. The molecule has 0 radical (unpaired) electrons. The Kier molecular flexibility index (Phi) is 6.11. The van der Waals surface area contributed by atoms with Crippen LogP contribution in [0.25, 0.3) is 0 Å². The molecular formula is C12H20N2O5. The normalized spacial score (nSPS) is 16.2. The van der Waals surface area contributed by atoms with Crippen molar-refractivity contribution in [2.75, 3.05) is 6.54 Å². The van der Waals surface area contributed by atoms with Crippen molar-refractivity contribution in [3.63, 3.8) is 0 Å². The second-order valence-electron chi connectivity index (χ2n) is 4.83. The van der Waals surface area contributed by atoms with Gasteiger partial charge in [-0.1, -0.05) is 6.42 Å². The Morgan fingerprint density at radius 2 is 1.89 bits per heavy atom. The zero-order chi connectivity index (χ0) is 14.3. The fourth-order valence-corrected chi connectivity index (χ4v) is 1.86. The topological polar surface area (TPSA) is 116 Å². The van der Waals surface area contributed by atoms with Gasteiger partial charge in [0.15, 0.2) is 0 Å². The first-order chi connectivity index (χ1) is 8.99. The van der Waals surface area contributed by atoms with Gasteiger partial charge in [0.25, 0.3) is 0 Å². The van der Waals surface area contributed by atoms with Crippen LogP contribution in [0.15, 0.2) is 0 Å². The molecule has 2 amide bonds. The molecule has 1 rings (SSSR count). The fourth-order valence-electron chi connectivity index (χ4n) is 1.86. The average Bonchev–Trinajstić information content (AvgIpc) is 2.24. The van der Waals surface area contributed by atoms with Crippen LogP contribution >= 0.6 is 0 Å². The molecule has 1 atom stereocenters. The summed E-state index contributed by atoms with van der Waals surface area (Å²) in [6, 6.07) is -1.55. The molecule has 1 saturated carbocycles. The number of aliphatic carboxylic acids is 2. The summed E-state index contributed by atoms with van der Waals surface area (Å²) in [5, 5.41) is 22.4. The van der Waals surface area contributed by atoms with Crippen molar-refractivity contribution in [2.45, 2.75) is 44.6 Å². The minimum Gasteiger partial charge on any atom is -0.481 e. The number of carboxylic acid groups (broad SMARTS) is 2. The van der Waals surface area contributed by atoms with Crippen LogP contribution < -0.4 is 10.6 Å². The van der Waals surface area contributed by atoms with Crippen LogP contribution in [0.5, 0.6) is 0 Å². The van der Waals surface area contributed by atoms with Crippen molar-refractivity contribution < 1.29 is 24.6 Å². The molecule has 0 heterocycles. The molecule has 1 aliphatic carbocycles. The monoisotopic (exact) mass is 272 g/mol. The largest absolute Gasteiger partial charge is 0.481 e. The molecule has 0 aromatic rings. The van der Waals surface area contributed by atoms with Crippen molar-refractivity contribution in [1.82, 2.24) is 10.6 Å². The molecule has 1 fully saturated rings. The Hall–Kier alpha value is -1.79. The molecule has 7 nitrogen and oxygen atoms in total. The molecule has 19 heavy (non-hydrogen) atoms. The van der Waals surface area contributed by atoms with E-state index in [1.54, 1.807) is 0 Å². The zero-order valence-corrected chi connectivity index (χ0v) is 10.7. The van der Waals surface area contributed by atoms with Crippen LogP contribution in [-0.4, -0.2) is 40.8 Å². The lowest BCUT2D eigenvalue weighted by Gasteiger charge is -2.25. The van der Waals surface area contributed by atoms with Gasteiger partial charge in [0.05, 0.1) is 0 Å². The third-order valence-electron chi connectivity index (χ3n) is 3.26. The smallest absolute Gasteiger partial charge is 0.326 e. The van der Waals surface area contributed by atoms with Crippen molar-refractivity contribution in [3.05, 3.63) is 0 Å². The predicted molar refractivity (Wildman–Crippen MR) is 66.8 cm³/mol. The van der Waals surface area contributed by atoms with Crippen LogP contribution in [0.4, 0.5) is 4.79 Å². The van der Waals surface area contributed by atoms with Crippen LogP contribution in [0.3, 0.4) is 0 Å². The van der Waals surface area contributed by atoms with Crippen molar-refractivity contribution >= 4 is 18.0 Å². The molecule has 1 aliphatic rings. The number of rotatable bonds is 8. The number of carbonyl (C=O) groups is 3. The van der Waals surface area contributed by atoms with Crippen molar-refractivity contribution in [2.24, 2.45) is 5.92 Å². The van der Waals surface area contributed by atoms with Gasteiger partial charge in [-0.25, -0.2) is 9.59 Å². The third-order valence-corrected chi connectivity index (χ3v) is 3.26. The molecule has 0 bridgehead atoms. The summed E-state index contributed by atoms with van der Waals surface area (Å²) in [7, 11) is 0.